The van der Waals surface area contributed by atoms with Crippen molar-refractivity contribution in [2.75, 3.05) is 13.1 Å². The number of carbonyl (C=O) groups excluding carboxylic acids is 1. The molecular weight excluding hydrogens is 443 g/mol. The standard InChI is InChI=1S/C24H29FN4O3S/c1-16(30)28-11-8-17(9-12-28)15-29-21-6-5-18(13-20(21)27-23(29)24(2,3)4)33(31,32)19-7-10-26-22(25)14-19/h5-7,10,13-14,17H,8-9,11-12,15H2,1-4H3. The third kappa shape index (κ3) is 4.64. The summed E-state index contributed by atoms with van der Waals surface area (Å²) in [6, 6.07) is 7.11. The molecule has 9 heteroatoms. The van der Waals surface area contributed by atoms with Gasteiger partial charge in [-0.15, -0.1) is 0 Å². The molecule has 33 heavy (non-hydrogen) atoms. The zero-order chi connectivity index (χ0) is 24.0. The summed E-state index contributed by atoms with van der Waals surface area (Å²) >= 11 is 0. The molecule has 0 aliphatic carbocycles. The Morgan fingerprint density at radius 1 is 1.12 bits per heavy atom. The summed E-state index contributed by atoms with van der Waals surface area (Å²) in [6.45, 7) is 10.1. The van der Waals surface area contributed by atoms with E-state index in [0.29, 0.717) is 11.4 Å². The van der Waals surface area contributed by atoms with E-state index in [0.717, 1.165) is 56.1 Å². The minimum absolute atomic E-state index is 0.0699. The molecule has 176 valence electrons. The number of sulfone groups is 1. The Balaban J connectivity index is 1.71. The summed E-state index contributed by atoms with van der Waals surface area (Å²) in [4.78, 5) is 21.7. The maximum absolute atomic E-state index is 13.5. The number of pyridine rings is 1. The number of rotatable bonds is 4. The van der Waals surface area contributed by atoms with Crippen LogP contribution >= 0.6 is 0 Å². The molecule has 2 aromatic heterocycles. The summed E-state index contributed by atoms with van der Waals surface area (Å²) in [6.07, 6.45) is 2.98. The number of carbonyl (C=O) groups is 1. The quantitative estimate of drug-likeness (QED) is 0.537. The summed E-state index contributed by atoms with van der Waals surface area (Å²) in [7, 11) is -3.90. The minimum Gasteiger partial charge on any atom is -0.343 e. The van der Waals surface area contributed by atoms with Crippen molar-refractivity contribution >= 4 is 26.8 Å². The molecule has 0 radical (unpaired) electrons. The Hall–Kier alpha value is -2.81. The molecule has 0 unspecified atom stereocenters. The van der Waals surface area contributed by atoms with Crippen LogP contribution in [0.2, 0.25) is 0 Å². The van der Waals surface area contributed by atoms with Crippen LogP contribution in [-0.4, -0.2) is 46.8 Å². The van der Waals surface area contributed by atoms with Crippen LogP contribution in [0.1, 0.15) is 46.4 Å². The molecular formula is C24H29FN4O3S. The molecule has 1 fully saturated rings. The summed E-state index contributed by atoms with van der Waals surface area (Å²) in [5, 5.41) is 0. The molecule has 3 heterocycles. The van der Waals surface area contributed by atoms with Crippen molar-refractivity contribution in [3.05, 3.63) is 48.3 Å². The van der Waals surface area contributed by atoms with E-state index in [-0.39, 0.29) is 21.1 Å². The lowest BCUT2D eigenvalue weighted by Crippen LogP contribution is -2.38. The first-order chi connectivity index (χ1) is 15.5. The fraction of sp³-hybridized carbons (Fsp3) is 0.458. The van der Waals surface area contributed by atoms with Crippen molar-refractivity contribution in [2.24, 2.45) is 5.92 Å². The zero-order valence-corrected chi connectivity index (χ0v) is 20.2. The van der Waals surface area contributed by atoms with Crippen molar-refractivity contribution < 1.29 is 17.6 Å². The Kier molecular flexibility index (Phi) is 6.03. The van der Waals surface area contributed by atoms with Crippen LogP contribution in [0.25, 0.3) is 11.0 Å². The first-order valence-electron chi connectivity index (χ1n) is 11.1. The highest BCUT2D eigenvalue weighted by atomic mass is 32.2. The lowest BCUT2D eigenvalue weighted by atomic mass is 9.93. The molecule has 0 saturated carbocycles. The van der Waals surface area contributed by atoms with E-state index in [2.05, 4.69) is 30.3 Å². The topological polar surface area (TPSA) is 85.2 Å². The van der Waals surface area contributed by atoms with E-state index in [1.165, 1.54) is 6.07 Å². The first kappa shape index (κ1) is 23.4. The summed E-state index contributed by atoms with van der Waals surface area (Å²) in [5.41, 5.74) is 1.22. The second kappa shape index (κ2) is 8.52. The van der Waals surface area contributed by atoms with Crippen molar-refractivity contribution in [3.8, 4) is 0 Å². The van der Waals surface area contributed by atoms with Gasteiger partial charge in [-0.2, -0.15) is 4.39 Å². The highest BCUT2D eigenvalue weighted by Gasteiger charge is 2.28. The van der Waals surface area contributed by atoms with Gasteiger partial charge in [0.05, 0.1) is 20.8 Å². The molecule has 0 atom stereocenters. The highest BCUT2D eigenvalue weighted by Crippen LogP contribution is 2.31. The molecule has 0 bridgehead atoms. The van der Waals surface area contributed by atoms with Crippen molar-refractivity contribution in [1.82, 2.24) is 19.4 Å². The average Bonchev–Trinajstić information content (AvgIpc) is 3.12. The van der Waals surface area contributed by atoms with Gasteiger partial charge in [-0.3, -0.25) is 4.79 Å². The van der Waals surface area contributed by atoms with Gasteiger partial charge in [0.2, 0.25) is 21.7 Å². The zero-order valence-electron chi connectivity index (χ0n) is 19.4. The number of amides is 1. The first-order valence-corrected chi connectivity index (χ1v) is 12.6. The van der Waals surface area contributed by atoms with Crippen LogP contribution < -0.4 is 0 Å². The molecule has 3 aromatic rings. The lowest BCUT2D eigenvalue weighted by molar-refractivity contribution is -0.130. The van der Waals surface area contributed by atoms with E-state index >= 15 is 0 Å². The van der Waals surface area contributed by atoms with Gasteiger partial charge >= 0.3 is 0 Å². The number of likely N-dealkylation sites (tertiary alicyclic amines) is 1. The monoisotopic (exact) mass is 472 g/mol. The number of fused-ring (bicyclic) bond motifs is 1. The van der Waals surface area contributed by atoms with Gasteiger partial charge in [-0.25, -0.2) is 18.4 Å². The van der Waals surface area contributed by atoms with Gasteiger partial charge in [0.1, 0.15) is 5.82 Å². The highest BCUT2D eigenvalue weighted by molar-refractivity contribution is 7.91. The Morgan fingerprint density at radius 2 is 1.79 bits per heavy atom. The van der Waals surface area contributed by atoms with E-state index in [1.807, 2.05) is 4.90 Å². The molecule has 0 spiro atoms. The maximum Gasteiger partial charge on any atom is 0.219 e. The molecule has 7 nitrogen and oxygen atoms in total. The second-order valence-corrected chi connectivity index (χ2v) is 11.7. The van der Waals surface area contributed by atoms with Crippen LogP contribution in [0.4, 0.5) is 4.39 Å². The van der Waals surface area contributed by atoms with Crippen molar-refractivity contribution in [3.63, 3.8) is 0 Å². The number of hydrogen-bond donors (Lipinski definition) is 0. The molecule has 1 aliphatic rings. The Labute approximate surface area is 193 Å². The fourth-order valence-electron chi connectivity index (χ4n) is 4.41. The molecule has 1 saturated heterocycles. The predicted octanol–water partition coefficient (Wildman–Crippen LogP) is 3.96. The number of aromatic nitrogens is 3. The van der Waals surface area contributed by atoms with Crippen LogP contribution in [0, 0.1) is 11.9 Å². The lowest BCUT2D eigenvalue weighted by Gasteiger charge is -2.32. The van der Waals surface area contributed by atoms with Gasteiger partial charge in [-0.05, 0) is 43.0 Å². The van der Waals surface area contributed by atoms with Gasteiger partial charge < -0.3 is 9.47 Å². The number of nitrogens with zero attached hydrogens (tertiary/aromatic N) is 4. The third-order valence-electron chi connectivity index (χ3n) is 6.21. The van der Waals surface area contributed by atoms with Crippen LogP contribution in [0.3, 0.4) is 0 Å². The van der Waals surface area contributed by atoms with Gasteiger partial charge in [0.25, 0.3) is 0 Å². The second-order valence-electron chi connectivity index (χ2n) is 9.71. The molecule has 1 aromatic carbocycles. The molecule has 0 N–H and O–H groups in total. The van der Waals surface area contributed by atoms with E-state index < -0.39 is 15.8 Å². The van der Waals surface area contributed by atoms with E-state index in [9.17, 15) is 17.6 Å². The number of imidazole rings is 1. The van der Waals surface area contributed by atoms with Crippen LogP contribution in [0.5, 0.6) is 0 Å². The van der Waals surface area contributed by atoms with Gasteiger partial charge in [0, 0.05) is 44.2 Å². The number of hydrogen-bond acceptors (Lipinski definition) is 5. The third-order valence-corrected chi connectivity index (χ3v) is 7.96. The largest absolute Gasteiger partial charge is 0.343 e. The van der Waals surface area contributed by atoms with Crippen molar-refractivity contribution in [1.29, 1.82) is 0 Å². The number of piperidine rings is 1. The van der Waals surface area contributed by atoms with Crippen LogP contribution in [0.15, 0.2) is 46.3 Å². The smallest absolute Gasteiger partial charge is 0.219 e. The predicted molar refractivity (Wildman–Crippen MR) is 123 cm³/mol. The number of halogens is 1. The Bertz CT molecular complexity index is 1300. The van der Waals surface area contributed by atoms with Gasteiger partial charge in [-0.1, -0.05) is 20.8 Å². The molecule has 1 aliphatic heterocycles. The minimum atomic E-state index is -3.90. The normalized spacial score (nSPS) is 15.8. The number of benzene rings is 1. The molecule has 1 amide bonds. The summed E-state index contributed by atoms with van der Waals surface area (Å²) < 4.78 is 41.8. The fourth-order valence-corrected chi connectivity index (χ4v) is 5.69. The summed E-state index contributed by atoms with van der Waals surface area (Å²) in [5.74, 6) is 0.560. The Morgan fingerprint density at radius 3 is 2.39 bits per heavy atom. The van der Waals surface area contributed by atoms with Crippen LogP contribution in [-0.2, 0) is 26.6 Å². The maximum atomic E-state index is 13.5. The average molecular weight is 473 g/mol. The van der Waals surface area contributed by atoms with Gasteiger partial charge in [0.15, 0.2) is 0 Å². The van der Waals surface area contributed by atoms with Crippen molar-refractivity contribution in [2.45, 2.75) is 62.3 Å². The van der Waals surface area contributed by atoms with E-state index in [1.54, 1.807) is 25.1 Å². The SMILES string of the molecule is CC(=O)N1CCC(Cn2c(C(C)(C)C)nc3cc(S(=O)(=O)c4ccnc(F)c4)ccc32)CC1. The van der Waals surface area contributed by atoms with E-state index in [4.69, 9.17) is 4.98 Å². The molecule has 4 rings (SSSR count).